The first-order valence-corrected chi connectivity index (χ1v) is 7.77. The Hall–Kier alpha value is -2.55. The molecule has 1 aromatic heterocycles. The molecular formula is C16H18F2N4O3. The van der Waals surface area contributed by atoms with E-state index in [0.29, 0.717) is 18.7 Å². The number of aliphatic hydroxyl groups is 1. The minimum Gasteiger partial charge on any atom is -0.491 e. The van der Waals surface area contributed by atoms with Gasteiger partial charge in [-0.2, -0.15) is 0 Å². The number of aliphatic hydroxyl groups excluding tert-OH is 1. The number of aromatic nitrogens is 3. The second-order valence-electron chi connectivity index (χ2n) is 6.00. The molecule has 0 aliphatic heterocycles. The van der Waals surface area contributed by atoms with Crippen LogP contribution in [0.5, 0.6) is 5.75 Å². The molecule has 1 saturated carbocycles. The van der Waals surface area contributed by atoms with Gasteiger partial charge in [0.25, 0.3) is 5.91 Å². The Labute approximate surface area is 142 Å². The van der Waals surface area contributed by atoms with Crippen molar-refractivity contribution in [2.45, 2.75) is 31.4 Å². The molecule has 2 aromatic rings. The molecule has 1 heterocycles. The molecule has 0 atom stereocenters. The van der Waals surface area contributed by atoms with Gasteiger partial charge in [-0.25, -0.2) is 8.78 Å². The zero-order valence-electron chi connectivity index (χ0n) is 13.8. The highest BCUT2D eigenvalue weighted by molar-refractivity contribution is 5.94. The molecule has 3 rings (SSSR count). The van der Waals surface area contributed by atoms with E-state index in [-0.39, 0.29) is 24.1 Å². The number of methoxy groups -OCH3 is 1. The lowest BCUT2D eigenvalue weighted by molar-refractivity contribution is 0.0905. The van der Waals surface area contributed by atoms with Crippen molar-refractivity contribution >= 4 is 5.91 Å². The lowest BCUT2D eigenvalue weighted by Gasteiger charge is -2.35. The fraction of sp³-hybridized carbons (Fsp3) is 0.438. The maximum absolute atomic E-state index is 13.7. The van der Waals surface area contributed by atoms with Crippen LogP contribution in [0.1, 0.15) is 40.8 Å². The largest absolute Gasteiger partial charge is 0.491 e. The number of benzene rings is 1. The van der Waals surface area contributed by atoms with Gasteiger partial charge in [0.1, 0.15) is 12.4 Å². The van der Waals surface area contributed by atoms with E-state index in [0.717, 1.165) is 25.1 Å². The number of nitrogens with one attached hydrogen (secondary N) is 1. The van der Waals surface area contributed by atoms with Crippen LogP contribution >= 0.6 is 0 Å². The van der Waals surface area contributed by atoms with Gasteiger partial charge in [-0.1, -0.05) is 0 Å². The summed E-state index contributed by atoms with van der Waals surface area (Å²) in [6.07, 6.45) is 1.29. The molecule has 1 aromatic carbocycles. The molecular weight excluding hydrogens is 334 g/mol. The summed E-state index contributed by atoms with van der Waals surface area (Å²) in [7, 11) is 2.93. The van der Waals surface area contributed by atoms with Gasteiger partial charge >= 0.3 is 0 Å². The van der Waals surface area contributed by atoms with Crippen molar-refractivity contribution < 1.29 is 23.4 Å². The zero-order valence-corrected chi connectivity index (χ0v) is 13.8. The summed E-state index contributed by atoms with van der Waals surface area (Å²) in [5.74, 6) is -1.56. The van der Waals surface area contributed by atoms with Crippen LogP contribution in [-0.2, 0) is 13.7 Å². The molecule has 0 spiro atoms. The molecule has 0 radical (unpaired) electrons. The van der Waals surface area contributed by atoms with Crippen LogP contribution in [0.3, 0.4) is 0 Å². The van der Waals surface area contributed by atoms with E-state index < -0.39 is 23.3 Å². The number of halogens is 2. The van der Waals surface area contributed by atoms with Gasteiger partial charge in [-0.15, -0.1) is 10.2 Å². The fourth-order valence-electron chi connectivity index (χ4n) is 2.97. The normalized spacial score (nSPS) is 19.4. The molecule has 2 N–H and O–H groups in total. The molecule has 25 heavy (non-hydrogen) atoms. The molecule has 0 saturated heterocycles. The predicted molar refractivity (Wildman–Crippen MR) is 83.1 cm³/mol. The monoisotopic (exact) mass is 352 g/mol. The van der Waals surface area contributed by atoms with Crippen LogP contribution in [-0.4, -0.2) is 38.9 Å². The Morgan fingerprint density at radius 1 is 1.36 bits per heavy atom. The van der Waals surface area contributed by atoms with E-state index in [9.17, 15) is 13.6 Å². The summed E-state index contributed by atoms with van der Waals surface area (Å²) >= 11 is 0. The molecule has 0 unspecified atom stereocenters. The van der Waals surface area contributed by atoms with Gasteiger partial charge in [0.05, 0.1) is 7.11 Å². The lowest BCUT2D eigenvalue weighted by Crippen LogP contribution is -2.44. The summed E-state index contributed by atoms with van der Waals surface area (Å²) in [5.41, 5.74) is -0.0968. The van der Waals surface area contributed by atoms with E-state index >= 15 is 0 Å². The highest BCUT2D eigenvalue weighted by atomic mass is 19.1. The van der Waals surface area contributed by atoms with Crippen LogP contribution in [0.4, 0.5) is 8.78 Å². The summed E-state index contributed by atoms with van der Waals surface area (Å²) in [6.45, 7) is -0.190. The predicted octanol–water partition coefficient (Wildman–Crippen LogP) is 1.27. The Morgan fingerprint density at radius 3 is 2.52 bits per heavy atom. The Balaban J connectivity index is 1.61. The number of hydrogen-bond donors (Lipinski definition) is 2. The van der Waals surface area contributed by atoms with Gasteiger partial charge in [0.2, 0.25) is 0 Å². The zero-order chi connectivity index (χ0) is 18.1. The molecule has 7 nitrogen and oxygen atoms in total. The van der Waals surface area contributed by atoms with Crippen molar-refractivity contribution in [2.24, 2.45) is 7.05 Å². The molecule has 0 bridgehead atoms. The average Bonchev–Trinajstić information content (AvgIpc) is 2.90. The maximum Gasteiger partial charge on any atom is 0.251 e. The third-order valence-corrected chi connectivity index (χ3v) is 4.44. The lowest BCUT2D eigenvalue weighted by atomic mass is 9.79. The number of rotatable bonds is 5. The minimum atomic E-state index is -0.922. The van der Waals surface area contributed by atoms with Crippen LogP contribution < -0.4 is 10.1 Å². The molecule has 134 valence electrons. The van der Waals surface area contributed by atoms with Gasteiger partial charge in [0, 0.05) is 24.6 Å². The quantitative estimate of drug-likeness (QED) is 0.846. The summed E-state index contributed by atoms with van der Waals surface area (Å²) in [4.78, 5) is 12.2. The van der Waals surface area contributed by atoms with Crippen molar-refractivity contribution in [3.05, 3.63) is 41.0 Å². The third kappa shape index (κ3) is 3.19. The topological polar surface area (TPSA) is 89.3 Å². The minimum absolute atomic E-state index is 0.0968. The highest BCUT2D eigenvalue weighted by Crippen LogP contribution is 2.36. The van der Waals surface area contributed by atoms with E-state index in [2.05, 4.69) is 20.3 Å². The second-order valence-corrected chi connectivity index (χ2v) is 6.00. The van der Waals surface area contributed by atoms with Crippen molar-refractivity contribution in [3.8, 4) is 5.75 Å². The van der Waals surface area contributed by atoms with Gasteiger partial charge in [0.15, 0.2) is 23.2 Å². The smallest absolute Gasteiger partial charge is 0.251 e. The van der Waals surface area contributed by atoms with Crippen LogP contribution in [0.2, 0.25) is 0 Å². The van der Waals surface area contributed by atoms with E-state index in [4.69, 9.17) is 5.11 Å². The van der Waals surface area contributed by atoms with Crippen molar-refractivity contribution in [2.75, 3.05) is 7.11 Å². The van der Waals surface area contributed by atoms with Gasteiger partial charge in [-0.05, 0) is 25.0 Å². The molecule has 9 heteroatoms. The SMILES string of the molecule is COc1c(F)cc(C(=O)NC2CC(c3nnc(CO)n3C)C2)cc1F. The molecule has 1 aliphatic carbocycles. The van der Waals surface area contributed by atoms with E-state index in [1.807, 2.05) is 0 Å². The van der Waals surface area contributed by atoms with E-state index in [1.165, 1.54) is 0 Å². The first-order valence-electron chi connectivity index (χ1n) is 7.77. The second kappa shape index (κ2) is 6.75. The summed E-state index contributed by atoms with van der Waals surface area (Å²) < 4.78 is 33.7. The number of carbonyl (C=O) groups excluding carboxylic acids is 1. The number of carbonyl (C=O) groups is 1. The number of nitrogens with zero attached hydrogens (tertiary/aromatic N) is 3. The average molecular weight is 352 g/mol. The summed E-state index contributed by atoms with van der Waals surface area (Å²) in [6, 6.07) is 1.78. The van der Waals surface area contributed by atoms with Crippen LogP contribution in [0.25, 0.3) is 0 Å². The number of hydrogen-bond acceptors (Lipinski definition) is 5. The Bertz CT molecular complexity index is 780. The third-order valence-electron chi connectivity index (χ3n) is 4.44. The van der Waals surface area contributed by atoms with Crippen molar-refractivity contribution in [3.63, 3.8) is 0 Å². The number of ether oxygens (including phenoxy) is 1. The molecule has 1 fully saturated rings. The summed E-state index contributed by atoms with van der Waals surface area (Å²) in [5, 5.41) is 19.8. The van der Waals surface area contributed by atoms with Crippen LogP contribution in [0.15, 0.2) is 12.1 Å². The van der Waals surface area contributed by atoms with Crippen molar-refractivity contribution in [1.29, 1.82) is 0 Å². The van der Waals surface area contributed by atoms with Crippen LogP contribution in [0, 0.1) is 11.6 Å². The first kappa shape index (κ1) is 17.3. The molecule has 1 aliphatic rings. The fourth-order valence-corrected chi connectivity index (χ4v) is 2.97. The maximum atomic E-state index is 13.7. The first-order chi connectivity index (χ1) is 11.9. The standard InChI is InChI=1S/C16H18F2N4O3/c1-22-13(7-23)20-21-15(22)8-3-10(4-8)19-16(24)9-5-11(17)14(25-2)12(18)6-9/h5-6,8,10,23H,3-4,7H2,1-2H3,(H,19,24). The number of amides is 1. The van der Waals surface area contributed by atoms with E-state index in [1.54, 1.807) is 11.6 Å². The van der Waals surface area contributed by atoms with Gasteiger partial charge < -0.3 is 19.7 Å². The Morgan fingerprint density at radius 2 is 2.00 bits per heavy atom. The highest BCUT2D eigenvalue weighted by Gasteiger charge is 2.35. The Kier molecular flexibility index (Phi) is 4.67. The van der Waals surface area contributed by atoms with Gasteiger partial charge in [-0.3, -0.25) is 4.79 Å². The molecule has 1 amide bonds. The van der Waals surface area contributed by atoms with Crippen molar-refractivity contribution in [1.82, 2.24) is 20.1 Å².